The smallest absolute Gasteiger partial charge is 0.256 e. The molecule has 1 N–H and O–H groups in total. The minimum Gasteiger partial charge on any atom is -0.354 e. The van der Waals surface area contributed by atoms with Crippen LogP contribution in [0.1, 0.15) is 48.9 Å². The van der Waals surface area contributed by atoms with Crippen LogP contribution in [0.4, 0.5) is 0 Å². The molecule has 2 fully saturated rings. The van der Waals surface area contributed by atoms with E-state index < -0.39 is 6.04 Å². The van der Waals surface area contributed by atoms with E-state index in [4.69, 9.17) is 23.2 Å². The third-order valence-electron chi connectivity index (χ3n) is 5.01. The first-order chi connectivity index (χ1) is 11.6. The topological polar surface area (TPSA) is 49.4 Å². The number of nitrogens with one attached hydrogen (secondary N) is 1. The van der Waals surface area contributed by atoms with Crippen LogP contribution in [-0.2, 0) is 4.79 Å². The molecule has 4 nitrogen and oxygen atoms in total. The number of amides is 2. The van der Waals surface area contributed by atoms with E-state index in [2.05, 4.69) is 5.32 Å². The van der Waals surface area contributed by atoms with Crippen molar-refractivity contribution in [1.82, 2.24) is 10.2 Å². The lowest BCUT2D eigenvalue weighted by molar-refractivity contribution is -0.125. The van der Waals surface area contributed by atoms with E-state index in [9.17, 15) is 9.59 Å². The standard InChI is InChI=1S/C18H22Cl2N2O2/c19-13-7-8-15(20)14(10-13)18(24)22-9-3-6-16(22)17(23)21-11-12-4-1-2-5-12/h7-8,10,12,16H,1-6,9,11H2,(H,21,23). The van der Waals surface area contributed by atoms with Gasteiger partial charge in [0, 0.05) is 18.1 Å². The molecule has 1 aromatic carbocycles. The fourth-order valence-electron chi connectivity index (χ4n) is 3.68. The summed E-state index contributed by atoms with van der Waals surface area (Å²) in [5, 5.41) is 3.86. The van der Waals surface area contributed by atoms with Gasteiger partial charge in [0.1, 0.15) is 6.04 Å². The molecule has 3 rings (SSSR count). The minimum absolute atomic E-state index is 0.0501. The average molecular weight is 369 g/mol. The van der Waals surface area contributed by atoms with Crippen LogP contribution in [0.25, 0.3) is 0 Å². The highest BCUT2D eigenvalue weighted by Gasteiger charge is 2.35. The molecule has 0 spiro atoms. The highest BCUT2D eigenvalue weighted by Crippen LogP contribution is 2.27. The molecule has 6 heteroatoms. The maximum absolute atomic E-state index is 12.8. The lowest BCUT2D eigenvalue weighted by Gasteiger charge is -2.25. The summed E-state index contributed by atoms with van der Waals surface area (Å²) in [7, 11) is 0. The number of hydrogen-bond donors (Lipinski definition) is 1. The molecule has 1 saturated heterocycles. The third kappa shape index (κ3) is 3.86. The number of rotatable bonds is 4. The van der Waals surface area contributed by atoms with Crippen molar-refractivity contribution in [3.05, 3.63) is 33.8 Å². The molecule has 1 aliphatic carbocycles. The number of halogens is 2. The van der Waals surface area contributed by atoms with Crippen LogP contribution in [0.5, 0.6) is 0 Å². The van der Waals surface area contributed by atoms with Gasteiger partial charge in [-0.05, 0) is 49.8 Å². The van der Waals surface area contributed by atoms with E-state index in [-0.39, 0.29) is 11.8 Å². The minimum atomic E-state index is -0.408. The summed E-state index contributed by atoms with van der Waals surface area (Å²) in [5.74, 6) is 0.314. The van der Waals surface area contributed by atoms with Gasteiger partial charge in [0.15, 0.2) is 0 Å². The van der Waals surface area contributed by atoms with Crippen molar-refractivity contribution in [3.63, 3.8) is 0 Å². The Bertz CT molecular complexity index is 629. The third-order valence-corrected chi connectivity index (χ3v) is 5.58. The molecule has 0 radical (unpaired) electrons. The molecule has 1 unspecified atom stereocenters. The summed E-state index contributed by atoms with van der Waals surface area (Å²) in [6.07, 6.45) is 6.40. The SMILES string of the molecule is O=C(NCC1CCCC1)C1CCCN1C(=O)c1cc(Cl)ccc1Cl. The second kappa shape index (κ2) is 7.75. The van der Waals surface area contributed by atoms with Crippen LogP contribution in [-0.4, -0.2) is 35.8 Å². The largest absolute Gasteiger partial charge is 0.354 e. The van der Waals surface area contributed by atoms with E-state index in [1.54, 1.807) is 23.1 Å². The zero-order chi connectivity index (χ0) is 17.1. The lowest BCUT2D eigenvalue weighted by atomic mass is 10.1. The van der Waals surface area contributed by atoms with Gasteiger partial charge in [-0.1, -0.05) is 36.0 Å². The van der Waals surface area contributed by atoms with Crippen LogP contribution in [0.3, 0.4) is 0 Å². The van der Waals surface area contributed by atoms with Gasteiger partial charge < -0.3 is 10.2 Å². The van der Waals surface area contributed by atoms with Crippen LogP contribution in [0.2, 0.25) is 10.0 Å². The van der Waals surface area contributed by atoms with Gasteiger partial charge in [-0.15, -0.1) is 0 Å². The summed E-state index contributed by atoms with van der Waals surface area (Å²) < 4.78 is 0. The number of benzene rings is 1. The predicted molar refractivity (Wildman–Crippen MR) is 95.5 cm³/mol. The Labute approximate surface area is 152 Å². The summed E-state index contributed by atoms with van der Waals surface area (Å²) >= 11 is 12.1. The monoisotopic (exact) mass is 368 g/mol. The lowest BCUT2D eigenvalue weighted by Crippen LogP contribution is -2.46. The van der Waals surface area contributed by atoms with Crippen LogP contribution in [0, 0.1) is 5.92 Å². The molecule has 1 saturated carbocycles. The molecule has 130 valence electrons. The molecule has 1 aromatic rings. The summed E-state index contributed by atoms with van der Waals surface area (Å²) in [6, 6.07) is 4.42. The Kier molecular flexibility index (Phi) is 5.67. The molecule has 2 aliphatic rings. The highest BCUT2D eigenvalue weighted by molar-refractivity contribution is 6.35. The van der Waals surface area contributed by atoms with E-state index in [0.29, 0.717) is 34.5 Å². The van der Waals surface area contributed by atoms with Gasteiger partial charge in [-0.2, -0.15) is 0 Å². The fourth-order valence-corrected chi connectivity index (χ4v) is 4.05. The van der Waals surface area contributed by atoms with Gasteiger partial charge in [-0.3, -0.25) is 9.59 Å². The van der Waals surface area contributed by atoms with Crippen molar-refractivity contribution < 1.29 is 9.59 Å². The molecule has 1 aliphatic heterocycles. The number of likely N-dealkylation sites (tertiary alicyclic amines) is 1. The highest BCUT2D eigenvalue weighted by atomic mass is 35.5. The normalized spacial score (nSPS) is 21.2. The first kappa shape index (κ1) is 17.6. The van der Waals surface area contributed by atoms with Crippen LogP contribution < -0.4 is 5.32 Å². The molecular formula is C18H22Cl2N2O2. The molecule has 0 bridgehead atoms. The Morgan fingerprint density at radius 1 is 1.12 bits per heavy atom. The number of hydrogen-bond acceptors (Lipinski definition) is 2. The second-order valence-corrected chi connectivity index (χ2v) is 7.52. The van der Waals surface area contributed by atoms with Gasteiger partial charge in [0.25, 0.3) is 5.91 Å². The zero-order valence-corrected chi connectivity index (χ0v) is 15.1. The van der Waals surface area contributed by atoms with E-state index in [0.717, 1.165) is 13.0 Å². The van der Waals surface area contributed by atoms with E-state index in [1.165, 1.54) is 25.7 Å². The van der Waals surface area contributed by atoms with Crippen molar-refractivity contribution in [2.45, 2.75) is 44.6 Å². The van der Waals surface area contributed by atoms with E-state index >= 15 is 0 Å². The molecular weight excluding hydrogens is 347 g/mol. The Hall–Kier alpha value is -1.26. The van der Waals surface area contributed by atoms with Crippen molar-refractivity contribution in [1.29, 1.82) is 0 Å². The summed E-state index contributed by atoms with van der Waals surface area (Å²) in [5.41, 5.74) is 0.361. The number of carbonyl (C=O) groups is 2. The van der Waals surface area contributed by atoms with Crippen LogP contribution >= 0.6 is 23.2 Å². The maximum Gasteiger partial charge on any atom is 0.256 e. The van der Waals surface area contributed by atoms with Crippen molar-refractivity contribution in [3.8, 4) is 0 Å². The molecule has 1 atom stereocenters. The second-order valence-electron chi connectivity index (χ2n) is 6.68. The van der Waals surface area contributed by atoms with Gasteiger partial charge in [-0.25, -0.2) is 0 Å². The Morgan fingerprint density at radius 2 is 1.88 bits per heavy atom. The zero-order valence-electron chi connectivity index (χ0n) is 13.6. The van der Waals surface area contributed by atoms with E-state index in [1.807, 2.05) is 0 Å². The predicted octanol–water partition coefficient (Wildman–Crippen LogP) is 3.90. The summed E-state index contributed by atoms with van der Waals surface area (Å²) in [4.78, 5) is 27.0. The first-order valence-corrected chi connectivity index (χ1v) is 9.35. The van der Waals surface area contributed by atoms with Crippen molar-refractivity contribution in [2.24, 2.45) is 5.92 Å². The molecule has 24 heavy (non-hydrogen) atoms. The van der Waals surface area contributed by atoms with Crippen LogP contribution in [0.15, 0.2) is 18.2 Å². The Balaban J connectivity index is 1.66. The molecule has 1 heterocycles. The Morgan fingerprint density at radius 3 is 2.62 bits per heavy atom. The van der Waals surface area contributed by atoms with Crippen molar-refractivity contribution in [2.75, 3.05) is 13.1 Å². The molecule has 2 amide bonds. The maximum atomic E-state index is 12.8. The quantitative estimate of drug-likeness (QED) is 0.875. The van der Waals surface area contributed by atoms with Crippen molar-refractivity contribution >= 4 is 35.0 Å². The van der Waals surface area contributed by atoms with Gasteiger partial charge >= 0.3 is 0 Å². The number of nitrogens with zero attached hydrogens (tertiary/aromatic N) is 1. The van der Waals surface area contributed by atoms with Gasteiger partial charge in [0.05, 0.1) is 10.6 Å². The van der Waals surface area contributed by atoms with Gasteiger partial charge in [0.2, 0.25) is 5.91 Å². The average Bonchev–Trinajstić information content (AvgIpc) is 3.25. The first-order valence-electron chi connectivity index (χ1n) is 8.60. The summed E-state index contributed by atoms with van der Waals surface area (Å²) in [6.45, 7) is 1.29. The molecule has 0 aromatic heterocycles. The fraction of sp³-hybridized carbons (Fsp3) is 0.556. The number of carbonyl (C=O) groups excluding carboxylic acids is 2.